The lowest BCUT2D eigenvalue weighted by Gasteiger charge is -2.31. The molecule has 0 amide bonds. The number of rotatable bonds is 4. The molecule has 3 nitrogen and oxygen atoms in total. The third-order valence-electron chi connectivity index (χ3n) is 3.65. The normalized spacial score (nSPS) is 26.7. The average molecular weight is 234 g/mol. The minimum atomic E-state index is 0.388. The summed E-state index contributed by atoms with van der Waals surface area (Å²) in [6.07, 6.45) is 9.00. The maximum Gasteiger partial charge on any atom is 0.0586 e. The van der Waals surface area contributed by atoms with Crippen LogP contribution in [0.1, 0.15) is 44.2 Å². The zero-order valence-corrected chi connectivity index (χ0v) is 10.7. The van der Waals surface area contributed by atoms with Crippen molar-refractivity contribution in [2.45, 2.75) is 50.8 Å². The zero-order valence-electron chi connectivity index (χ0n) is 10.7. The summed E-state index contributed by atoms with van der Waals surface area (Å²) in [6, 6.07) is 5.12. The first-order valence-corrected chi connectivity index (χ1v) is 6.48. The van der Waals surface area contributed by atoms with E-state index >= 15 is 0 Å². The average Bonchev–Trinajstić information content (AvgIpc) is 2.40. The molecule has 17 heavy (non-hydrogen) atoms. The van der Waals surface area contributed by atoms with Gasteiger partial charge in [0.25, 0.3) is 0 Å². The highest BCUT2D eigenvalue weighted by atomic mass is 16.5. The molecule has 0 spiro atoms. The fourth-order valence-corrected chi connectivity index (χ4v) is 2.61. The van der Waals surface area contributed by atoms with E-state index in [1.165, 1.54) is 24.8 Å². The van der Waals surface area contributed by atoms with Gasteiger partial charge in [-0.2, -0.15) is 0 Å². The fourth-order valence-electron chi connectivity index (χ4n) is 2.61. The Hall–Kier alpha value is -0.930. The van der Waals surface area contributed by atoms with Gasteiger partial charge in [0.15, 0.2) is 0 Å². The van der Waals surface area contributed by atoms with Crippen molar-refractivity contribution in [2.24, 2.45) is 0 Å². The second-order valence-corrected chi connectivity index (χ2v) is 4.89. The quantitative estimate of drug-likeness (QED) is 0.869. The third-order valence-corrected chi connectivity index (χ3v) is 3.65. The van der Waals surface area contributed by atoms with E-state index in [9.17, 15) is 0 Å². The van der Waals surface area contributed by atoms with Crippen LogP contribution in [0, 0.1) is 0 Å². The van der Waals surface area contributed by atoms with Crippen molar-refractivity contribution in [3.8, 4) is 0 Å². The number of pyridine rings is 1. The van der Waals surface area contributed by atoms with Crippen LogP contribution in [0.3, 0.4) is 0 Å². The lowest BCUT2D eigenvalue weighted by atomic mass is 9.92. The summed E-state index contributed by atoms with van der Waals surface area (Å²) in [5, 5.41) is 3.69. The van der Waals surface area contributed by atoms with Gasteiger partial charge >= 0.3 is 0 Å². The molecule has 0 bridgehead atoms. The maximum atomic E-state index is 5.46. The van der Waals surface area contributed by atoms with Gasteiger partial charge in [0, 0.05) is 31.6 Å². The van der Waals surface area contributed by atoms with Gasteiger partial charge in [0.2, 0.25) is 0 Å². The molecular weight excluding hydrogens is 212 g/mol. The van der Waals surface area contributed by atoms with Gasteiger partial charge in [-0.05, 0) is 50.3 Å². The zero-order chi connectivity index (χ0) is 12.1. The molecule has 1 fully saturated rings. The molecule has 1 aliphatic carbocycles. The summed E-state index contributed by atoms with van der Waals surface area (Å²) < 4.78 is 5.46. The molecule has 0 aliphatic heterocycles. The summed E-state index contributed by atoms with van der Waals surface area (Å²) in [6.45, 7) is 2.21. The van der Waals surface area contributed by atoms with Crippen LogP contribution in [0.4, 0.5) is 0 Å². The lowest BCUT2D eigenvalue weighted by Crippen LogP contribution is -2.38. The van der Waals surface area contributed by atoms with E-state index in [1.54, 1.807) is 0 Å². The highest BCUT2D eigenvalue weighted by molar-refractivity contribution is 5.14. The molecular formula is C14H22N2O. The molecule has 1 heterocycles. The largest absolute Gasteiger partial charge is 0.381 e. The van der Waals surface area contributed by atoms with Crippen LogP contribution >= 0.6 is 0 Å². The van der Waals surface area contributed by atoms with Crippen molar-refractivity contribution >= 4 is 0 Å². The van der Waals surface area contributed by atoms with Gasteiger partial charge in [0.1, 0.15) is 0 Å². The SMILES string of the molecule is COC1CCCC(N[C@@H](C)c2ccncc2)C1. The summed E-state index contributed by atoms with van der Waals surface area (Å²) in [7, 11) is 1.82. The molecule has 0 saturated heterocycles. The Balaban J connectivity index is 1.88. The van der Waals surface area contributed by atoms with E-state index in [-0.39, 0.29) is 0 Å². The number of nitrogens with one attached hydrogen (secondary N) is 1. The predicted molar refractivity (Wildman–Crippen MR) is 68.8 cm³/mol. The first kappa shape index (κ1) is 12.5. The molecule has 0 aromatic carbocycles. The molecule has 1 aromatic heterocycles. The fraction of sp³-hybridized carbons (Fsp3) is 0.643. The van der Waals surface area contributed by atoms with Gasteiger partial charge in [0.05, 0.1) is 6.10 Å². The number of hydrogen-bond donors (Lipinski definition) is 1. The van der Waals surface area contributed by atoms with Crippen molar-refractivity contribution in [1.29, 1.82) is 0 Å². The molecule has 1 saturated carbocycles. The van der Waals surface area contributed by atoms with E-state index in [0.717, 1.165) is 6.42 Å². The Kier molecular flexibility index (Phi) is 4.51. The summed E-state index contributed by atoms with van der Waals surface area (Å²) in [4.78, 5) is 4.05. The Bertz CT molecular complexity index is 328. The third kappa shape index (κ3) is 3.51. The smallest absolute Gasteiger partial charge is 0.0586 e. The van der Waals surface area contributed by atoms with Gasteiger partial charge < -0.3 is 10.1 Å². The van der Waals surface area contributed by atoms with Crippen molar-refractivity contribution in [1.82, 2.24) is 10.3 Å². The summed E-state index contributed by atoms with van der Waals surface area (Å²) in [5.41, 5.74) is 1.31. The molecule has 1 N–H and O–H groups in total. The number of nitrogens with zero attached hydrogens (tertiary/aromatic N) is 1. The van der Waals surface area contributed by atoms with E-state index in [0.29, 0.717) is 18.2 Å². The maximum absolute atomic E-state index is 5.46. The van der Waals surface area contributed by atoms with E-state index in [4.69, 9.17) is 4.74 Å². The predicted octanol–water partition coefficient (Wildman–Crippen LogP) is 2.69. The minimum absolute atomic E-state index is 0.388. The van der Waals surface area contributed by atoms with Gasteiger partial charge in [-0.25, -0.2) is 0 Å². The Morgan fingerprint density at radius 1 is 1.35 bits per heavy atom. The number of methoxy groups -OCH3 is 1. The Labute approximate surface area is 104 Å². The van der Waals surface area contributed by atoms with Crippen LogP contribution in [0.25, 0.3) is 0 Å². The highest BCUT2D eigenvalue weighted by Crippen LogP contribution is 2.23. The van der Waals surface area contributed by atoms with Crippen LogP contribution in [0.5, 0.6) is 0 Å². The van der Waals surface area contributed by atoms with Crippen LogP contribution in [-0.2, 0) is 4.74 Å². The Morgan fingerprint density at radius 3 is 2.82 bits per heavy atom. The van der Waals surface area contributed by atoms with Crippen LogP contribution < -0.4 is 5.32 Å². The van der Waals surface area contributed by atoms with Crippen molar-refractivity contribution in [3.05, 3.63) is 30.1 Å². The van der Waals surface area contributed by atoms with Crippen molar-refractivity contribution in [2.75, 3.05) is 7.11 Å². The molecule has 3 atom stereocenters. The second kappa shape index (κ2) is 6.12. The molecule has 94 valence electrons. The van der Waals surface area contributed by atoms with Gasteiger partial charge in [-0.3, -0.25) is 4.98 Å². The van der Waals surface area contributed by atoms with Gasteiger partial charge in [-0.1, -0.05) is 0 Å². The van der Waals surface area contributed by atoms with E-state index in [2.05, 4.69) is 29.4 Å². The van der Waals surface area contributed by atoms with Crippen LogP contribution in [-0.4, -0.2) is 24.2 Å². The summed E-state index contributed by atoms with van der Waals surface area (Å²) in [5.74, 6) is 0. The van der Waals surface area contributed by atoms with Gasteiger partial charge in [-0.15, -0.1) is 0 Å². The first-order chi connectivity index (χ1) is 8.29. The molecule has 3 heteroatoms. The molecule has 1 aliphatic rings. The first-order valence-electron chi connectivity index (χ1n) is 6.48. The lowest BCUT2D eigenvalue weighted by molar-refractivity contribution is 0.0572. The Morgan fingerprint density at radius 2 is 2.12 bits per heavy atom. The van der Waals surface area contributed by atoms with E-state index in [1.807, 2.05) is 19.5 Å². The standard InChI is InChI=1S/C14H22N2O/c1-11(12-6-8-15-9-7-12)16-13-4-3-5-14(10-13)17-2/h6-9,11,13-14,16H,3-5,10H2,1-2H3/t11-,13?,14?/m0/s1. The molecule has 1 aromatic rings. The second-order valence-electron chi connectivity index (χ2n) is 4.89. The van der Waals surface area contributed by atoms with Crippen LogP contribution in [0.2, 0.25) is 0 Å². The monoisotopic (exact) mass is 234 g/mol. The van der Waals surface area contributed by atoms with E-state index < -0.39 is 0 Å². The van der Waals surface area contributed by atoms with Crippen molar-refractivity contribution < 1.29 is 4.74 Å². The van der Waals surface area contributed by atoms with Crippen LogP contribution in [0.15, 0.2) is 24.5 Å². The number of aromatic nitrogens is 1. The minimum Gasteiger partial charge on any atom is -0.381 e. The molecule has 0 radical (unpaired) electrons. The molecule has 2 unspecified atom stereocenters. The summed E-state index contributed by atoms with van der Waals surface area (Å²) >= 11 is 0. The topological polar surface area (TPSA) is 34.1 Å². The number of ether oxygens (including phenoxy) is 1. The highest BCUT2D eigenvalue weighted by Gasteiger charge is 2.22. The number of hydrogen-bond acceptors (Lipinski definition) is 3. The molecule has 2 rings (SSSR count). The van der Waals surface area contributed by atoms with Crippen molar-refractivity contribution in [3.63, 3.8) is 0 Å².